The predicted molar refractivity (Wildman–Crippen MR) is 114 cm³/mol. The molecule has 156 valence electrons. The summed E-state index contributed by atoms with van der Waals surface area (Å²) in [6.45, 7) is 0.662. The first-order valence-corrected chi connectivity index (χ1v) is 10.7. The zero-order valence-corrected chi connectivity index (χ0v) is 17.1. The number of likely N-dealkylation sites (tertiary alicyclic amines) is 1. The fraction of sp³-hybridized carbons (Fsp3) is 0.417. The average molecular weight is 405 g/mol. The number of hydrogen-bond acceptors (Lipinski definition) is 4. The van der Waals surface area contributed by atoms with E-state index in [1.807, 2.05) is 36.7 Å². The lowest BCUT2D eigenvalue weighted by molar-refractivity contribution is -0.152. The minimum absolute atomic E-state index is 0.0172. The number of aliphatic carboxylic acids is 1. The first-order chi connectivity index (χ1) is 14.6. The Morgan fingerprint density at radius 1 is 1.03 bits per heavy atom. The van der Waals surface area contributed by atoms with Gasteiger partial charge in [-0.3, -0.25) is 9.59 Å². The van der Waals surface area contributed by atoms with E-state index in [0.717, 1.165) is 23.1 Å². The van der Waals surface area contributed by atoms with E-state index in [4.69, 9.17) is 5.11 Å². The van der Waals surface area contributed by atoms with E-state index in [1.54, 1.807) is 4.90 Å². The Morgan fingerprint density at radius 2 is 1.77 bits per heavy atom. The van der Waals surface area contributed by atoms with Crippen LogP contribution < -0.4 is 0 Å². The van der Waals surface area contributed by atoms with E-state index in [0.29, 0.717) is 31.8 Å². The fourth-order valence-corrected chi connectivity index (χ4v) is 3.99. The van der Waals surface area contributed by atoms with Crippen LogP contribution in [0.25, 0.3) is 11.4 Å². The van der Waals surface area contributed by atoms with Crippen LogP contribution >= 0.6 is 0 Å². The van der Waals surface area contributed by atoms with Gasteiger partial charge in [0.15, 0.2) is 5.82 Å². The molecule has 0 atom stereocenters. The molecule has 0 saturated carbocycles. The van der Waals surface area contributed by atoms with Gasteiger partial charge in [0, 0.05) is 37.5 Å². The Bertz CT molecular complexity index is 929. The number of nitrogens with zero attached hydrogens (tertiary/aromatic N) is 3. The lowest BCUT2D eigenvalue weighted by atomic mass is 9.95. The van der Waals surface area contributed by atoms with Crippen molar-refractivity contribution in [1.29, 1.82) is 0 Å². The Hall–Kier alpha value is -3.02. The molecule has 1 amide bonds. The highest BCUT2D eigenvalue weighted by Crippen LogP contribution is 2.22. The van der Waals surface area contributed by atoms with Gasteiger partial charge < -0.3 is 10.0 Å². The molecule has 1 N–H and O–H groups in total. The highest BCUT2D eigenvalue weighted by atomic mass is 16.4. The van der Waals surface area contributed by atoms with Crippen molar-refractivity contribution < 1.29 is 14.7 Å². The SMILES string of the molecule is O=C(O)C1CN(C(=O)CCc2ccc(-c3ncc(CC4=CCCCC4)cn3)cc2)C1. The van der Waals surface area contributed by atoms with Crippen molar-refractivity contribution in [2.75, 3.05) is 13.1 Å². The van der Waals surface area contributed by atoms with Gasteiger partial charge in [-0.25, -0.2) is 9.97 Å². The zero-order valence-electron chi connectivity index (χ0n) is 17.1. The Balaban J connectivity index is 1.28. The Labute approximate surface area is 176 Å². The van der Waals surface area contributed by atoms with E-state index in [1.165, 1.54) is 31.3 Å². The summed E-state index contributed by atoms with van der Waals surface area (Å²) >= 11 is 0. The molecule has 0 radical (unpaired) electrons. The number of carbonyl (C=O) groups is 2. The van der Waals surface area contributed by atoms with Gasteiger partial charge in [-0.15, -0.1) is 0 Å². The minimum atomic E-state index is -0.823. The van der Waals surface area contributed by atoms with Crippen molar-refractivity contribution >= 4 is 11.9 Å². The van der Waals surface area contributed by atoms with Gasteiger partial charge in [0.05, 0.1) is 5.92 Å². The summed E-state index contributed by atoms with van der Waals surface area (Å²) in [4.78, 5) is 33.7. The third kappa shape index (κ3) is 4.93. The van der Waals surface area contributed by atoms with Crippen molar-refractivity contribution in [3.05, 3.63) is 59.4 Å². The molecular weight excluding hydrogens is 378 g/mol. The monoisotopic (exact) mass is 405 g/mol. The van der Waals surface area contributed by atoms with Crippen LogP contribution in [-0.4, -0.2) is 44.9 Å². The van der Waals surface area contributed by atoms with Gasteiger partial charge >= 0.3 is 5.97 Å². The molecular formula is C24H27N3O3. The molecule has 6 heteroatoms. The number of aryl methyl sites for hydroxylation is 1. The lowest BCUT2D eigenvalue weighted by Gasteiger charge is -2.36. The number of carboxylic acids is 1. The van der Waals surface area contributed by atoms with Crippen LogP contribution in [0.5, 0.6) is 0 Å². The van der Waals surface area contributed by atoms with Gasteiger partial charge in [0.2, 0.25) is 5.91 Å². The third-order valence-electron chi connectivity index (χ3n) is 5.94. The number of carboxylic acid groups (broad SMARTS) is 1. The van der Waals surface area contributed by atoms with Gasteiger partial charge in [0.1, 0.15) is 0 Å². The molecule has 1 aromatic heterocycles. The molecule has 1 aliphatic carbocycles. The zero-order chi connectivity index (χ0) is 20.9. The number of aromatic nitrogens is 2. The maximum atomic E-state index is 12.1. The standard InChI is InChI=1S/C24H27N3O3/c28-22(27-15-21(16-27)24(29)30)11-8-17-6-9-20(10-7-17)23-25-13-19(14-26-23)12-18-4-2-1-3-5-18/h4,6-7,9-10,13-14,21H,1-3,5,8,11-12,15-16H2,(H,29,30). The van der Waals surface area contributed by atoms with Gasteiger partial charge in [-0.1, -0.05) is 35.9 Å². The number of benzene rings is 1. The number of amides is 1. The van der Waals surface area contributed by atoms with Gasteiger partial charge in [-0.2, -0.15) is 0 Å². The van der Waals surface area contributed by atoms with E-state index in [2.05, 4.69) is 16.0 Å². The van der Waals surface area contributed by atoms with Crippen molar-refractivity contribution in [3.8, 4) is 11.4 Å². The van der Waals surface area contributed by atoms with Crippen LogP contribution in [-0.2, 0) is 22.4 Å². The molecule has 2 aromatic rings. The largest absolute Gasteiger partial charge is 0.481 e. The minimum Gasteiger partial charge on any atom is -0.481 e. The molecule has 0 spiro atoms. The number of hydrogen-bond donors (Lipinski definition) is 1. The third-order valence-corrected chi connectivity index (χ3v) is 5.94. The highest BCUT2D eigenvalue weighted by Gasteiger charge is 2.35. The summed E-state index contributed by atoms with van der Waals surface area (Å²) in [5, 5.41) is 8.90. The first kappa shape index (κ1) is 20.3. The van der Waals surface area contributed by atoms with E-state index in [-0.39, 0.29) is 5.91 Å². The molecule has 4 rings (SSSR count). The molecule has 1 fully saturated rings. The van der Waals surface area contributed by atoms with E-state index >= 15 is 0 Å². The molecule has 0 unspecified atom stereocenters. The van der Waals surface area contributed by atoms with Gasteiger partial charge in [-0.05, 0) is 49.7 Å². The van der Waals surface area contributed by atoms with Crippen LogP contribution in [0.2, 0.25) is 0 Å². The van der Waals surface area contributed by atoms with Gasteiger partial charge in [0.25, 0.3) is 0 Å². The lowest BCUT2D eigenvalue weighted by Crippen LogP contribution is -2.53. The molecule has 2 aliphatic rings. The van der Waals surface area contributed by atoms with Crippen LogP contribution in [0.3, 0.4) is 0 Å². The van der Waals surface area contributed by atoms with Crippen molar-refractivity contribution in [3.63, 3.8) is 0 Å². The predicted octanol–water partition coefficient (Wildman–Crippen LogP) is 3.66. The van der Waals surface area contributed by atoms with Crippen molar-refractivity contribution in [1.82, 2.24) is 14.9 Å². The number of allylic oxidation sites excluding steroid dienone is 2. The first-order valence-electron chi connectivity index (χ1n) is 10.7. The molecule has 30 heavy (non-hydrogen) atoms. The molecule has 1 saturated heterocycles. The smallest absolute Gasteiger partial charge is 0.310 e. The Kier molecular flexibility index (Phi) is 6.21. The number of carbonyl (C=O) groups excluding carboxylic acids is 1. The fourth-order valence-electron chi connectivity index (χ4n) is 3.99. The highest BCUT2D eigenvalue weighted by molar-refractivity contribution is 5.81. The van der Waals surface area contributed by atoms with Crippen molar-refractivity contribution in [2.24, 2.45) is 5.92 Å². The normalized spacial score (nSPS) is 16.7. The second kappa shape index (κ2) is 9.20. The molecule has 1 aromatic carbocycles. The Morgan fingerprint density at radius 3 is 2.40 bits per heavy atom. The molecule has 6 nitrogen and oxygen atoms in total. The number of rotatable bonds is 7. The summed E-state index contributed by atoms with van der Waals surface area (Å²) < 4.78 is 0. The topological polar surface area (TPSA) is 83.4 Å². The summed E-state index contributed by atoms with van der Waals surface area (Å²) in [6.07, 6.45) is 13.1. The van der Waals surface area contributed by atoms with E-state index < -0.39 is 11.9 Å². The second-order valence-electron chi connectivity index (χ2n) is 8.23. The summed E-state index contributed by atoms with van der Waals surface area (Å²) in [5.41, 5.74) is 4.68. The van der Waals surface area contributed by atoms with Crippen molar-refractivity contribution in [2.45, 2.75) is 44.9 Å². The maximum Gasteiger partial charge on any atom is 0.310 e. The second-order valence-corrected chi connectivity index (χ2v) is 8.23. The summed E-state index contributed by atoms with van der Waals surface area (Å²) in [7, 11) is 0. The quantitative estimate of drug-likeness (QED) is 0.711. The van der Waals surface area contributed by atoms with Crippen LogP contribution in [0.1, 0.15) is 43.2 Å². The average Bonchev–Trinajstić information content (AvgIpc) is 2.73. The maximum absolute atomic E-state index is 12.1. The molecule has 0 bridgehead atoms. The van der Waals surface area contributed by atoms with Crippen LogP contribution in [0.15, 0.2) is 48.3 Å². The summed E-state index contributed by atoms with van der Waals surface area (Å²) in [5.74, 6) is -0.502. The molecule has 1 aliphatic heterocycles. The van der Waals surface area contributed by atoms with Crippen LogP contribution in [0, 0.1) is 5.92 Å². The summed E-state index contributed by atoms with van der Waals surface area (Å²) in [6, 6.07) is 7.98. The van der Waals surface area contributed by atoms with Crippen LogP contribution in [0.4, 0.5) is 0 Å². The molecule has 2 heterocycles. The van der Waals surface area contributed by atoms with E-state index in [9.17, 15) is 9.59 Å².